The SMILES string of the molecule is N#CNS(=O)(=O)c1ccc(C=CC(=O)O)cc1. The van der Waals surface area contributed by atoms with E-state index < -0.39 is 16.0 Å². The van der Waals surface area contributed by atoms with Gasteiger partial charge in [-0.05, 0) is 23.8 Å². The molecule has 0 bridgehead atoms. The minimum absolute atomic E-state index is 0.0634. The molecular weight excluding hydrogens is 244 g/mol. The Labute approximate surface area is 97.9 Å². The van der Waals surface area contributed by atoms with Gasteiger partial charge in [0.1, 0.15) is 0 Å². The molecule has 0 aliphatic carbocycles. The number of aliphatic carboxylic acids is 1. The first-order chi connectivity index (χ1) is 7.95. The number of carboxylic acids is 1. The molecule has 17 heavy (non-hydrogen) atoms. The Morgan fingerprint density at radius 2 is 1.94 bits per heavy atom. The lowest BCUT2D eigenvalue weighted by molar-refractivity contribution is -0.131. The second-order valence-corrected chi connectivity index (χ2v) is 4.64. The van der Waals surface area contributed by atoms with Crippen LogP contribution in [0.15, 0.2) is 35.2 Å². The van der Waals surface area contributed by atoms with Crippen molar-refractivity contribution in [3.8, 4) is 6.19 Å². The van der Waals surface area contributed by atoms with E-state index in [0.717, 1.165) is 6.08 Å². The first-order valence-electron chi connectivity index (χ1n) is 4.37. The fourth-order valence-corrected chi connectivity index (χ4v) is 1.78. The minimum Gasteiger partial charge on any atom is -0.478 e. The number of nitrogens with one attached hydrogen (secondary N) is 1. The van der Waals surface area contributed by atoms with E-state index in [-0.39, 0.29) is 4.90 Å². The highest BCUT2D eigenvalue weighted by molar-refractivity contribution is 7.89. The summed E-state index contributed by atoms with van der Waals surface area (Å²) in [6, 6.07) is 5.43. The third-order valence-corrected chi connectivity index (χ3v) is 3.04. The van der Waals surface area contributed by atoms with Crippen molar-refractivity contribution in [2.45, 2.75) is 4.90 Å². The van der Waals surface area contributed by atoms with Crippen LogP contribution in [0, 0.1) is 11.5 Å². The molecule has 0 spiro atoms. The highest BCUT2D eigenvalue weighted by Gasteiger charge is 2.11. The summed E-state index contributed by atoms with van der Waals surface area (Å²) in [4.78, 5) is 10.2. The van der Waals surface area contributed by atoms with E-state index in [1.165, 1.54) is 36.5 Å². The predicted molar refractivity (Wildman–Crippen MR) is 59.0 cm³/mol. The molecule has 7 heteroatoms. The van der Waals surface area contributed by atoms with Crippen LogP contribution in [0.2, 0.25) is 0 Å². The molecule has 0 saturated carbocycles. The summed E-state index contributed by atoms with van der Waals surface area (Å²) >= 11 is 0. The largest absolute Gasteiger partial charge is 0.478 e. The highest BCUT2D eigenvalue weighted by Crippen LogP contribution is 2.11. The van der Waals surface area contributed by atoms with Gasteiger partial charge in [-0.3, -0.25) is 0 Å². The van der Waals surface area contributed by atoms with Gasteiger partial charge in [-0.15, -0.1) is 0 Å². The molecule has 6 nitrogen and oxygen atoms in total. The minimum atomic E-state index is -3.81. The number of hydrogen-bond donors (Lipinski definition) is 2. The van der Waals surface area contributed by atoms with Crippen LogP contribution in [0.1, 0.15) is 5.56 Å². The topological polar surface area (TPSA) is 107 Å². The van der Waals surface area contributed by atoms with E-state index >= 15 is 0 Å². The summed E-state index contributed by atoms with van der Waals surface area (Å²) in [5.41, 5.74) is 0.545. The van der Waals surface area contributed by atoms with Crippen molar-refractivity contribution in [3.05, 3.63) is 35.9 Å². The molecule has 1 aromatic rings. The number of hydrogen-bond acceptors (Lipinski definition) is 4. The lowest BCUT2D eigenvalue weighted by Gasteiger charge is -2.01. The molecule has 1 rings (SSSR count). The maximum Gasteiger partial charge on any atom is 0.328 e. The third-order valence-electron chi connectivity index (χ3n) is 1.79. The maximum atomic E-state index is 11.4. The summed E-state index contributed by atoms with van der Waals surface area (Å²) in [5, 5.41) is 16.6. The second kappa shape index (κ2) is 5.14. The van der Waals surface area contributed by atoms with Crippen LogP contribution in [0.3, 0.4) is 0 Å². The Bertz CT molecular complexity index is 582. The van der Waals surface area contributed by atoms with Gasteiger partial charge < -0.3 is 5.11 Å². The molecule has 1 aromatic carbocycles. The van der Waals surface area contributed by atoms with Crippen LogP contribution >= 0.6 is 0 Å². The van der Waals surface area contributed by atoms with Gasteiger partial charge in [0, 0.05) is 6.08 Å². The zero-order chi connectivity index (χ0) is 12.9. The van der Waals surface area contributed by atoms with Gasteiger partial charge in [0.25, 0.3) is 10.0 Å². The lowest BCUT2D eigenvalue weighted by atomic mass is 10.2. The molecule has 0 aliphatic heterocycles. The molecule has 0 saturated heterocycles. The van der Waals surface area contributed by atoms with E-state index in [4.69, 9.17) is 10.4 Å². The van der Waals surface area contributed by atoms with Gasteiger partial charge in [0.15, 0.2) is 6.19 Å². The molecule has 0 aliphatic rings. The summed E-state index contributed by atoms with van der Waals surface area (Å²) < 4.78 is 24.4. The summed E-state index contributed by atoms with van der Waals surface area (Å²) in [5.74, 6) is -1.09. The van der Waals surface area contributed by atoms with E-state index in [1.54, 1.807) is 4.72 Å². The van der Waals surface area contributed by atoms with Gasteiger partial charge in [-0.25, -0.2) is 17.9 Å². The number of carbonyl (C=O) groups is 1. The van der Waals surface area contributed by atoms with Crippen LogP contribution in [0.25, 0.3) is 6.08 Å². The number of nitriles is 1. The van der Waals surface area contributed by atoms with Crippen molar-refractivity contribution < 1.29 is 18.3 Å². The molecule has 0 aromatic heterocycles. The van der Waals surface area contributed by atoms with Crippen LogP contribution < -0.4 is 4.72 Å². The molecular formula is C10H8N2O4S. The van der Waals surface area contributed by atoms with E-state index in [2.05, 4.69) is 0 Å². The average Bonchev–Trinajstić information content (AvgIpc) is 2.27. The summed E-state index contributed by atoms with van der Waals surface area (Å²) in [6.45, 7) is 0. The zero-order valence-electron chi connectivity index (χ0n) is 8.49. The van der Waals surface area contributed by atoms with Gasteiger partial charge >= 0.3 is 5.97 Å². The smallest absolute Gasteiger partial charge is 0.328 e. The van der Waals surface area contributed by atoms with E-state index in [0.29, 0.717) is 5.56 Å². The van der Waals surface area contributed by atoms with Gasteiger partial charge in [0.2, 0.25) is 0 Å². The average molecular weight is 252 g/mol. The van der Waals surface area contributed by atoms with Crippen LogP contribution in [-0.4, -0.2) is 19.5 Å². The number of benzene rings is 1. The molecule has 0 heterocycles. The quantitative estimate of drug-likeness (QED) is 0.462. The summed E-state index contributed by atoms with van der Waals surface area (Å²) in [7, 11) is -3.81. The molecule has 0 amide bonds. The van der Waals surface area contributed by atoms with Gasteiger partial charge in [0.05, 0.1) is 4.90 Å². The number of rotatable bonds is 4. The predicted octanol–water partition coefficient (Wildman–Crippen LogP) is 0.544. The van der Waals surface area contributed by atoms with Crippen molar-refractivity contribution in [1.82, 2.24) is 4.72 Å². The van der Waals surface area contributed by atoms with Crippen LogP contribution in [-0.2, 0) is 14.8 Å². The molecule has 0 radical (unpaired) electrons. The van der Waals surface area contributed by atoms with Crippen molar-refractivity contribution >= 4 is 22.1 Å². The van der Waals surface area contributed by atoms with Crippen molar-refractivity contribution in [2.75, 3.05) is 0 Å². The number of nitrogens with zero attached hydrogens (tertiary/aromatic N) is 1. The Hall–Kier alpha value is -2.33. The lowest BCUT2D eigenvalue weighted by Crippen LogP contribution is -2.17. The van der Waals surface area contributed by atoms with Crippen molar-refractivity contribution in [3.63, 3.8) is 0 Å². The summed E-state index contributed by atoms with van der Waals surface area (Å²) in [6.07, 6.45) is 3.60. The van der Waals surface area contributed by atoms with Crippen molar-refractivity contribution in [2.24, 2.45) is 0 Å². The van der Waals surface area contributed by atoms with E-state index in [1.807, 2.05) is 0 Å². The number of carboxylic acid groups (broad SMARTS) is 1. The van der Waals surface area contributed by atoms with Gasteiger partial charge in [-0.2, -0.15) is 5.26 Å². The van der Waals surface area contributed by atoms with Crippen LogP contribution in [0.4, 0.5) is 0 Å². The monoisotopic (exact) mass is 252 g/mol. The highest BCUT2D eigenvalue weighted by atomic mass is 32.2. The molecule has 0 fully saturated rings. The normalized spacial score (nSPS) is 11.0. The first kappa shape index (κ1) is 12.7. The number of sulfonamides is 1. The Morgan fingerprint density at radius 3 is 2.41 bits per heavy atom. The fraction of sp³-hybridized carbons (Fsp3) is 0. The molecule has 0 unspecified atom stereocenters. The Morgan fingerprint density at radius 1 is 1.35 bits per heavy atom. The van der Waals surface area contributed by atoms with Gasteiger partial charge in [-0.1, -0.05) is 12.1 Å². The van der Waals surface area contributed by atoms with Crippen LogP contribution in [0.5, 0.6) is 0 Å². The standard InChI is InChI=1S/C10H8N2O4S/c11-7-12-17(15,16)9-4-1-8(2-5-9)3-6-10(13)14/h1-6,12H,(H,13,14). The second-order valence-electron chi connectivity index (χ2n) is 2.96. The molecule has 0 atom stereocenters. The molecule has 2 N–H and O–H groups in total. The Balaban J connectivity index is 2.97. The molecule has 88 valence electrons. The third kappa shape index (κ3) is 3.62. The Kier molecular flexibility index (Phi) is 3.85. The fourth-order valence-electron chi connectivity index (χ4n) is 1.04. The maximum absolute atomic E-state index is 11.4. The zero-order valence-corrected chi connectivity index (χ0v) is 9.31. The first-order valence-corrected chi connectivity index (χ1v) is 5.86. The van der Waals surface area contributed by atoms with E-state index in [9.17, 15) is 13.2 Å². The van der Waals surface area contributed by atoms with Crippen molar-refractivity contribution in [1.29, 1.82) is 5.26 Å².